The second-order valence-corrected chi connectivity index (χ2v) is 7.03. The number of carbonyl (C=O) groups is 1. The third-order valence-corrected chi connectivity index (χ3v) is 4.80. The van der Waals surface area contributed by atoms with Gasteiger partial charge in [-0.05, 0) is 47.9 Å². The van der Waals surface area contributed by atoms with E-state index in [-0.39, 0.29) is 11.9 Å². The Morgan fingerprint density at radius 2 is 1.96 bits per heavy atom. The minimum absolute atomic E-state index is 0.0372. The number of benzene rings is 1. The third-order valence-electron chi connectivity index (χ3n) is 3.87. The van der Waals surface area contributed by atoms with Crippen LogP contribution >= 0.6 is 11.3 Å². The molecule has 2 aromatic rings. The molecule has 1 N–H and O–H groups in total. The predicted octanol–water partition coefficient (Wildman–Crippen LogP) is 4.59. The molecule has 0 aliphatic carbocycles. The summed E-state index contributed by atoms with van der Waals surface area (Å²) in [7, 11) is 1.66. The highest BCUT2D eigenvalue weighted by Gasteiger charge is 2.18. The fourth-order valence-corrected chi connectivity index (χ4v) is 3.32. The SMILES string of the molecule is COc1ccc(C(NC(=O)CCCc2cccs2)C(C)C)cc1. The highest BCUT2D eigenvalue weighted by Crippen LogP contribution is 2.24. The van der Waals surface area contributed by atoms with Crippen molar-refractivity contribution >= 4 is 17.2 Å². The van der Waals surface area contributed by atoms with Crippen molar-refractivity contribution in [1.82, 2.24) is 5.32 Å². The number of hydrogen-bond donors (Lipinski definition) is 1. The fourth-order valence-electron chi connectivity index (χ4n) is 2.57. The smallest absolute Gasteiger partial charge is 0.220 e. The van der Waals surface area contributed by atoms with E-state index >= 15 is 0 Å². The van der Waals surface area contributed by atoms with Crippen LogP contribution in [0.3, 0.4) is 0 Å². The molecule has 0 aliphatic heterocycles. The third kappa shape index (κ3) is 5.39. The second-order valence-electron chi connectivity index (χ2n) is 6.00. The predicted molar refractivity (Wildman–Crippen MR) is 96.0 cm³/mol. The van der Waals surface area contributed by atoms with Gasteiger partial charge in [-0.2, -0.15) is 0 Å². The molecule has 4 heteroatoms. The zero-order valence-electron chi connectivity index (χ0n) is 14.0. The van der Waals surface area contributed by atoms with E-state index in [1.807, 2.05) is 24.3 Å². The lowest BCUT2D eigenvalue weighted by atomic mass is 9.95. The Kier molecular flexibility index (Phi) is 6.66. The molecule has 124 valence electrons. The highest BCUT2D eigenvalue weighted by molar-refractivity contribution is 7.09. The van der Waals surface area contributed by atoms with E-state index in [0.717, 1.165) is 24.2 Å². The molecule has 1 amide bonds. The van der Waals surface area contributed by atoms with Crippen LogP contribution in [0.5, 0.6) is 5.75 Å². The number of amides is 1. The molecule has 2 rings (SSSR count). The second kappa shape index (κ2) is 8.73. The molecule has 0 radical (unpaired) electrons. The van der Waals surface area contributed by atoms with E-state index in [1.165, 1.54) is 4.88 Å². The molecule has 3 nitrogen and oxygen atoms in total. The fraction of sp³-hybridized carbons (Fsp3) is 0.421. The van der Waals surface area contributed by atoms with E-state index in [1.54, 1.807) is 18.4 Å². The maximum absolute atomic E-state index is 12.3. The zero-order valence-corrected chi connectivity index (χ0v) is 14.9. The largest absolute Gasteiger partial charge is 0.497 e. The molecular formula is C19H25NO2S. The molecule has 1 aromatic heterocycles. The van der Waals surface area contributed by atoms with Gasteiger partial charge in [0.25, 0.3) is 0 Å². The molecule has 0 fully saturated rings. The Morgan fingerprint density at radius 3 is 2.52 bits per heavy atom. The first-order valence-electron chi connectivity index (χ1n) is 8.06. The first-order chi connectivity index (χ1) is 11.1. The van der Waals surface area contributed by atoms with E-state index in [2.05, 4.69) is 36.7 Å². The summed E-state index contributed by atoms with van der Waals surface area (Å²) in [5, 5.41) is 5.25. The van der Waals surface area contributed by atoms with Gasteiger partial charge in [0, 0.05) is 11.3 Å². The zero-order chi connectivity index (χ0) is 16.7. The summed E-state index contributed by atoms with van der Waals surface area (Å²) in [5.74, 6) is 1.29. The quantitative estimate of drug-likeness (QED) is 0.768. The number of methoxy groups -OCH3 is 1. The van der Waals surface area contributed by atoms with Crippen molar-refractivity contribution in [1.29, 1.82) is 0 Å². The van der Waals surface area contributed by atoms with Gasteiger partial charge in [0.05, 0.1) is 13.2 Å². The summed E-state index contributed by atoms with van der Waals surface area (Å²) in [4.78, 5) is 13.6. The number of rotatable bonds is 8. The van der Waals surface area contributed by atoms with E-state index in [0.29, 0.717) is 12.3 Å². The molecule has 0 spiro atoms. The lowest BCUT2D eigenvalue weighted by Crippen LogP contribution is -2.31. The summed E-state index contributed by atoms with van der Waals surface area (Å²) in [6, 6.07) is 12.1. The number of hydrogen-bond acceptors (Lipinski definition) is 3. The Balaban J connectivity index is 1.88. The average Bonchev–Trinajstić information content (AvgIpc) is 3.06. The van der Waals surface area contributed by atoms with Crippen molar-refractivity contribution in [3.05, 3.63) is 52.2 Å². The number of thiophene rings is 1. The summed E-state index contributed by atoms with van der Waals surface area (Å²) in [6.45, 7) is 4.25. The van der Waals surface area contributed by atoms with Crippen LogP contribution in [0.2, 0.25) is 0 Å². The molecule has 1 atom stereocenters. The summed E-state index contributed by atoms with van der Waals surface area (Å²) in [5.41, 5.74) is 1.12. The van der Waals surface area contributed by atoms with Crippen molar-refractivity contribution in [2.75, 3.05) is 7.11 Å². The molecule has 1 heterocycles. The Morgan fingerprint density at radius 1 is 1.22 bits per heavy atom. The van der Waals surface area contributed by atoms with Gasteiger partial charge < -0.3 is 10.1 Å². The number of carbonyl (C=O) groups excluding carboxylic acids is 1. The van der Waals surface area contributed by atoms with Gasteiger partial charge in [-0.1, -0.05) is 32.0 Å². The molecule has 0 aliphatic rings. The van der Waals surface area contributed by atoms with E-state index in [4.69, 9.17) is 4.74 Å². The normalized spacial score (nSPS) is 12.2. The molecule has 0 saturated carbocycles. The van der Waals surface area contributed by atoms with Crippen molar-refractivity contribution in [3.63, 3.8) is 0 Å². The van der Waals surface area contributed by atoms with E-state index < -0.39 is 0 Å². The standard InChI is InChI=1S/C19H25NO2S/c1-14(2)19(15-9-11-16(22-3)12-10-15)20-18(21)8-4-6-17-7-5-13-23-17/h5,7,9-14,19H,4,6,8H2,1-3H3,(H,20,21). The van der Waals surface area contributed by atoms with Gasteiger partial charge in [0.2, 0.25) is 5.91 Å². The van der Waals surface area contributed by atoms with Crippen LogP contribution in [0.15, 0.2) is 41.8 Å². The van der Waals surface area contributed by atoms with Crippen LogP contribution in [0.25, 0.3) is 0 Å². The van der Waals surface area contributed by atoms with Crippen molar-refractivity contribution in [2.24, 2.45) is 5.92 Å². The minimum Gasteiger partial charge on any atom is -0.497 e. The van der Waals surface area contributed by atoms with Gasteiger partial charge in [-0.15, -0.1) is 11.3 Å². The Labute approximate surface area is 142 Å². The Hall–Kier alpha value is -1.81. The van der Waals surface area contributed by atoms with Crippen LogP contribution in [-0.2, 0) is 11.2 Å². The van der Waals surface area contributed by atoms with Crippen molar-refractivity contribution < 1.29 is 9.53 Å². The first kappa shape index (κ1) is 17.5. The van der Waals surface area contributed by atoms with Crippen molar-refractivity contribution in [3.8, 4) is 5.75 Å². The Bertz CT molecular complexity index is 590. The molecule has 0 bridgehead atoms. The lowest BCUT2D eigenvalue weighted by molar-refractivity contribution is -0.122. The number of nitrogens with one attached hydrogen (secondary N) is 1. The van der Waals surface area contributed by atoms with Gasteiger partial charge >= 0.3 is 0 Å². The molecule has 1 aromatic carbocycles. The molecular weight excluding hydrogens is 306 g/mol. The maximum Gasteiger partial charge on any atom is 0.220 e. The summed E-state index contributed by atoms with van der Waals surface area (Å²) in [6.07, 6.45) is 2.43. The van der Waals surface area contributed by atoms with Gasteiger partial charge in [-0.25, -0.2) is 0 Å². The maximum atomic E-state index is 12.3. The van der Waals surface area contributed by atoms with Crippen molar-refractivity contribution in [2.45, 2.75) is 39.2 Å². The number of aryl methyl sites for hydroxylation is 1. The van der Waals surface area contributed by atoms with Crippen LogP contribution in [-0.4, -0.2) is 13.0 Å². The minimum atomic E-state index is 0.0372. The van der Waals surface area contributed by atoms with Crippen LogP contribution < -0.4 is 10.1 Å². The first-order valence-corrected chi connectivity index (χ1v) is 8.94. The average molecular weight is 331 g/mol. The van der Waals surface area contributed by atoms with Crippen LogP contribution in [0.4, 0.5) is 0 Å². The summed E-state index contributed by atoms with van der Waals surface area (Å²) >= 11 is 1.75. The monoisotopic (exact) mass is 331 g/mol. The van der Waals surface area contributed by atoms with Crippen LogP contribution in [0.1, 0.15) is 43.2 Å². The highest BCUT2D eigenvalue weighted by atomic mass is 32.1. The van der Waals surface area contributed by atoms with Crippen LogP contribution in [0, 0.1) is 5.92 Å². The molecule has 0 saturated heterocycles. The molecule has 23 heavy (non-hydrogen) atoms. The summed E-state index contributed by atoms with van der Waals surface area (Å²) < 4.78 is 5.19. The van der Waals surface area contributed by atoms with Gasteiger partial charge in [0.1, 0.15) is 5.75 Å². The van der Waals surface area contributed by atoms with Gasteiger partial charge in [0.15, 0.2) is 0 Å². The van der Waals surface area contributed by atoms with Gasteiger partial charge in [-0.3, -0.25) is 4.79 Å². The molecule has 1 unspecified atom stereocenters. The lowest BCUT2D eigenvalue weighted by Gasteiger charge is -2.23. The topological polar surface area (TPSA) is 38.3 Å². The number of ether oxygens (including phenoxy) is 1. The van der Waals surface area contributed by atoms with E-state index in [9.17, 15) is 4.79 Å².